The lowest BCUT2D eigenvalue weighted by molar-refractivity contribution is 0.430. The highest BCUT2D eigenvalue weighted by atomic mass is 79.9. The van der Waals surface area contributed by atoms with Crippen LogP contribution in [-0.4, -0.2) is 13.6 Å². The third kappa shape index (κ3) is 2.70. The summed E-state index contributed by atoms with van der Waals surface area (Å²) in [5.74, 6) is 0.115. The van der Waals surface area contributed by atoms with E-state index in [1.165, 1.54) is 6.07 Å². The van der Waals surface area contributed by atoms with Gasteiger partial charge in [-0.25, -0.2) is 13.1 Å². The molecule has 0 aliphatic rings. The average molecular weight is 337 g/mol. The fourth-order valence-corrected chi connectivity index (χ4v) is 4.36. The van der Waals surface area contributed by atoms with Crippen LogP contribution in [0, 0.1) is 13.8 Å². The SMILES string of the molecule is Cc1cc(NS(=O)(=O)c2cc(C)c(Br)s2)on1. The smallest absolute Gasteiger partial charge is 0.273 e. The Bertz CT molecular complexity index is 626. The first kappa shape index (κ1) is 12.6. The minimum Gasteiger partial charge on any atom is -0.338 e. The molecule has 5 nitrogen and oxygen atoms in total. The summed E-state index contributed by atoms with van der Waals surface area (Å²) < 4.78 is 32.1. The predicted octanol–water partition coefficient (Wildman–Crippen LogP) is 2.92. The number of aryl methyl sites for hydroxylation is 2. The number of rotatable bonds is 3. The second-order valence-electron chi connectivity index (χ2n) is 3.46. The van der Waals surface area contributed by atoms with Crippen molar-refractivity contribution in [3.8, 4) is 0 Å². The van der Waals surface area contributed by atoms with E-state index >= 15 is 0 Å². The van der Waals surface area contributed by atoms with Crippen LogP contribution in [0.5, 0.6) is 0 Å². The van der Waals surface area contributed by atoms with Crippen molar-refractivity contribution < 1.29 is 12.9 Å². The minimum absolute atomic E-state index is 0.115. The summed E-state index contributed by atoms with van der Waals surface area (Å²) in [5, 5.41) is 3.61. The molecule has 17 heavy (non-hydrogen) atoms. The van der Waals surface area contributed by atoms with E-state index in [1.807, 2.05) is 6.92 Å². The van der Waals surface area contributed by atoms with Crippen LogP contribution in [0.2, 0.25) is 0 Å². The molecule has 92 valence electrons. The fourth-order valence-electron chi connectivity index (χ4n) is 1.16. The molecular formula is C9H9BrN2O3S2. The molecule has 0 aliphatic carbocycles. The van der Waals surface area contributed by atoms with Crippen LogP contribution in [0.25, 0.3) is 0 Å². The summed E-state index contributed by atoms with van der Waals surface area (Å²) >= 11 is 4.44. The lowest BCUT2D eigenvalue weighted by Gasteiger charge is -2.00. The number of sulfonamides is 1. The highest BCUT2D eigenvalue weighted by Crippen LogP contribution is 2.31. The standard InChI is InChI=1S/C9H9BrN2O3S2/c1-5-3-8(16-9(5)10)17(13,14)12-7-4-6(2)11-15-7/h3-4,12H,1-2H3. The Morgan fingerprint density at radius 2 is 2.12 bits per heavy atom. The van der Waals surface area contributed by atoms with Crippen molar-refractivity contribution in [2.24, 2.45) is 0 Å². The van der Waals surface area contributed by atoms with Crippen molar-refractivity contribution in [3.05, 3.63) is 27.2 Å². The lowest BCUT2D eigenvalue weighted by Crippen LogP contribution is -2.10. The van der Waals surface area contributed by atoms with Crippen molar-refractivity contribution in [2.45, 2.75) is 18.1 Å². The molecule has 0 saturated heterocycles. The molecular weight excluding hydrogens is 328 g/mol. The Hall–Kier alpha value is -0.860. The Labute approximate surface area is 111 Å². The molecule has 0 saturated carbocycles. The van der Waals surface area contributed by atoms with Gasteiger partial charge in [0.05, 0.1) is 9.48 Å². The van der Waals surface area contributed by atoms with Crippen LogP contribution >= 0.6 is 27.3 Å². The van der Waals surface area contributed by atoms with E-state index in [-0.39, 0.29) is 10.1 Å². The van der Waals surface area contributed by atoms with Crippen molar-refractivity contribution in [3.63, 3.8) is 0 Å². The summed E-state index contributed by atoms with van der Waals surface area (Å²) in [4.78, 5) is 0. The summed E-state index contributed by atoms with van der Waals surface area (Å²) in [5.41, 5.74) is 1.50. The summed E-state index contributed by atoms with van der Waals surface area (Å²) in [6.45, 7) is 3.55. The van der Waals surface area contributed by atoms with Gasteiger partial charge in [-0.3, -0.25) is 0 Å². The second kappa shape index (κ2) is 4.43. The number of nitrogens with zero attached hydrogens (tertiary/aromatic N) is 1. The largest absolute Gasteiger partial charge is 0.338 e. The molecule has 1 N–H and O–H groups in total. The van der Waals surface area contributed by atoms with Crippen LogP contribution < -0.4 is 4.72 Å². The van der Waals surface area contributed by atoms with Crippen LogP contribution in [0.15, 0.2) is 24.7 Å². The van der Waals surface area contributed by atoms with Gasteiger partial charge in [-0.05, 0) is 41.4 Å². The van der Waals surface area contributed by atoms with E-state index in [2.05, 4.69) is 25.8 Å². The normalized spacial score (nSPS) is 11.7. The molecule has 0 aromatic carbocycles. The number of anilines is 1. The molecule has 0 aliphatic heterocycles. The number of hydrogen-bond donors (Lipinski definition) is 1. The van der Waals surface area contributed by atoms with Gasteiger partial charge in [-0.15, -0.1) is 11.3 Å². The van der Waals surface area contributed by atoms with Gasteiger partial charge in [0, 0.05) is 6.07 Å². The maximum absolute atomic E-state index is 12.0. The number of hydrogen-bond acceptors (Lipinski definition) is 5. The molecule has 0 amide bonds. The van der Waals surface area contributed by atoms with Gasteiger partial charge in [-0.1, -0.05) is 5.16 Å². The Balaban J connectivity index is 2.31. The van der Waals surface area contributed by atoms with Crippen LogP contribution in [0.1, 0.15) is 11.3 Å². The van der Waals surface area contributed by atoms with Gasteiger partial charge in [0.15, 0.2) is 0 Å². The Morgan fingerprint density at radius 1 is 1.41 bits per heavy atom. The third-order valence-electron chi connectivity index (χ3n) is 1.96. The third-order valence-corrected chi connectivity index (χ3v) is 5.92. The zero-order valence-electron chi connectivity index (χ0n) is 9.02. The molecule has 0 atom stereocenters. The van der Waals surface area contributed by atoms with Crippen molar-refractivity contribution in [1.29, 1.82) is 0 Å². The summed E-state index contributed by atoms with van der Waals surface area (Å²) in [7, 11) is -3.60. The van der Waals surface area contributed by atoms with Crippen LogP contribution in [0.4, 0.5) is 5.88 Å². The number of thiophene rings is 1. The molecule has 0 spiro atoms. The first-order valence-corrected chi connectivity index (χ1v) is 7.70. The van der Waals surface area contributed by atoms with Crippen LogP contribution in [-0.2, 0) is 10.0 Å². The summed E-state index contributed by atoms with van der Waals surface area (Å²) in [6.07, 6.45) is 0. The number of nitrogens with one attached hydrogen (secondary N) is 1. The molecule has 2 rings (SSSR count). The minimum atomic E-state index is -3.60. The lowest BCUT2D eigenvalue weighted by atomic mass is 10.4. The van der Waals surface area contributed by atoms with Crippen molar-refractivity contribution in [1.82, 2.24) is 5.16 Å². The zero-order valence-corrected chi connectivity index (χ0v) is 12.2. The van der Waals surface area contributed by atoms with Gasteiger partial charge in [0.2, 0.25) is 5.88 Å². The van der Waals surface area contributed by atoms with E-state index in [1.54, 1.807) is 13.0 Å². The van der Waals surface area contributed by atoms with E-state index in [0.717, 1.165) is 20.7 Å². The van der Waals surface area contributed by atoms with Gasteiger partial charge < -0.3 is 4.52 Å². The Morgan fingerprint density at radius 3 is 2.59 bits per heavy atom. The molecule has 0 unspecified atom stereocenters. The van der Waals surface area contributed by atoms with Gasteiger partial charge in [-0.2, -0.15) is 0 Å². The second-order valence-corrected chi connectivity index (χ2v) is 7.74. The molecule has 2 heterocycles. The fraction of sp³-hybridized carbons (Fsp3) is 0.222. The molecule has 2 aromatic rings. The molecule has 0 bridgehead atoms. The average Bonchev–Trinajstić information content (AvgIpc) is 2.75. The van der Waals surface area contributed by atoms with Crippen molar-refractivity contribution in [2.75, 3.05) is 4.72 Å². The zero-order chi connectivity index (χ0) is 12.6. The van der Waals surface area contributed by atoms with E-state index in [9.17, 15) is 8.42 Å². The van der Waals surface area contributed by atoms with E-state index in [0.29, 0.717) is 5.69 Å². The van der Waals surface area contributed by atoms with Crippen LogP contribution in [0.3, 0.4) is 0 Å². The maximum atomic E-state index is 12.0. The topological polar surface area (TPSA) is 72.2 Å². The maximum Gasteiger partial charge on any atom is 0.273 e. The first-order valence-electron chi connectivity index (χ1n) is 4.60. The van der Waals surface area contributed by atoms with Gasteiger partial charge in [0.1, 0.15) is 4.21 Å². The highest BCUT2D eigenvalue weighted by Gasteiger charge is 2.20. The van der Waals surface area contributed by atoms with Gasteiger partial charge >= 0.3 is 0 Å². The monoisotopic (exact) mass is 336 g/mol. The number of halogens is 1. The molecule has 0 fully saturated rings. The van der Waals surface area contributed by atoms with E-state index in [4.69, 9.17) is 4.52 Å². The summed E-state index contributed by atoms with van der Waals surface area (Å²) in [6, 6.07) is 3.12. The molecule has 0 radical (unpaired) electrons. The quantitative estimate of drug-likeness (QED) is 0.935. The van der Waals surface area contributed by atoms with E-state index < -0.39 is 10.0 Å². The Kier molecular flexibility index (Phi) is 3.28. The molecule has 8 heteroatoms. The highest BCUT2D eigenvalue weighted by molar-refractivity contribution is 9.11. The van der Waals surface area contributed by atoms with Crippen molar-refractivity contribution >= 4 is 43.2 Å². The number of aromatic nitrogens is 1. The first-order chi connectivity index (χ1) is 7.88. The van der Waals surface area contributed by atoms with Gasteiger partial charge in [0.25, 0.3) is 10.0 Å². The molecule has 2 aromatic heterocycles. The predicted molar refractivity (Wildman–Crippen MR) is 68.8 cm³/mol.